The van der Waals surface area contributed by atoms with Crippen molar-refractivity contribution >= 4 is 11.9 Å². The average molecular weight is 253 g/mol. The Hall–Kier alpha value is -1.32. The molecule has 1 aliphatic carbocycles. The molecular weight excluding hydrogens is 230 g/mol. The predicted octanol–water partition coefficient (Wildman–Crippen LogP) is 2.30. The largest absolute Gasteiger partial charge is 0.481 e. The molecule has 0 heterocycles. The summed E-state index contributed by atoms with van der Waals surface area (Å²) in [5, 5.41) is 9.20. The number of carbonyl (C=O) groups is 2. The molecule has 0 radical (unpaired) electrons. The topological polar surface area (TPSA) is 57.6 Å². The lowest BCUT2D eigenvalue weighted by Crippen LogP contribution is -2.45. The molecule has 0 spiro atoms. The van der Waals surface area contributed by atoms with Gasteiger partial charge in [-0.2, -0.15) is 0 Å². The summed E-state index contributed by atoms with van der Waals surface area (Å²) in [4.78, 5) is 25.5. The van der Waals surface area contributed by atoms with E-state index in [0.29, 0.717) is 19.4 Å². The minimum absolute atomic E-state index is 0.0106. The maximum absolute atomic E-state index is 12.5. The number of carbonyl (C=O) groups excluding carboxylic acids is 1. The highest BCUT2D eigenvalue weighted by Gasteiger charge is 2.36. The summed E-state index contributed by atoms with van der Waals surface area (Å²) < 4.78 is 0. The molecule has 4 heteroatoms. The summed E-state index contributed by atoms with van der Waals surface area (Å²) in [6.07, 6.45) is 5.69. The maximum Gasteiger partial charge on any atom is 0.307 e. The molecule has 2 atom stereocenters. The number of hydrogen-bond donors (Lipinski definition) is 1. The van der Waals surface area contributed by atoms with Crippen molar-refractivity contribution in [1.82, 2.24) is 4.90 Å². The summed E-state index contributed by atoms with van der Waals surface area (Å²) >= 11 is 0. The summed E-state index contributed by atoms with van der Waals surface area (Å²) in [5.41, 5.74) is 0. The standard InChI is InChI=1S/C14H23NO3/c1-4-9-15(10(2)3)13(16)11-7-5-6-8-12(11)14(17)18/h5-6,10-12H,4,7-9H2,1-3H3,(H,17,18)/t11-,12+/m1/s1. The van der Waals surface area contributed by atoms with E-state index in [1.165, 1.54) is 0 Å². The average Bonchev–Trinajstić information content (AvgIpc) is 2.34. The van der Waals surface area contributed by atoms with E-state index in [1.54, 1.807) is 4.90 Å². The van der Waals surface area contributed by atoms with Crippen molar-refractivity contribution in [3.05, 3.63) is 12.2 Å². The molecule has 1 aliphatic rings. The fourth-order valence-electron chi connectivity index (χ4n) is 2.44. The van der Waals surface area contributed by atoms with Crippen LogP contribution in [-0.2, 0) is 9.59 Å². The zero-order valence-corrected chi connectivity index (χ0v) is 11.4. The number of hydrogen-bond acceptors (Lipinski definition) is 2. The van der Waals surface area contributed by atoms with Gasteiger partial charge >= 0.3 is 5.97 Å². The van der Waals surface area contributed by atoms with E-state index in [1.807, 2.05) is 32.9 Å². The van der Waals surface area contributed by atoms with Crippen LogP contribution in [0.4, 0.5) is 0 Å². The van der Waals surface area contributed by atoms with E-state index < -0.39 is 17.8 Å². The van der Waals surface area contributed by atoms with E-state index in [4.69, 9.17) is 0 Å². The Bertz CT molecular complexity index is 336. The number of aliphatic carboxylic acids is 1. The molecule has 0 bridgehead atoms. The SMILES string of the molecule is CCCN(C(=O)[C@@H]1CC=CC[C@@H]1C(=O)O)C(C)C. The van der Waals surface area contributed by atoms with E-state index in [0.717, 1.165) is 6.42 Å². The van der Waals surface area contributed by atoms with Gasteiger partial charge < -0.3 is 10.0 Å². The molecule has 102 valence electrons. The monoisotopic (exact) mass is 253 g/mol. The molecule has 0 aliphatic heterocycles. The minimum atomic E-state index is -0.863. The van der Waals surface area contributed by atoms with Gasteiger partial charge in [-0.1, -0.05) is 19.1 Å². The quantitative estimate of drug-likeness (QED) is 0.765. The highest BCUT2D eigenvalue weighted by Crippen LogP contribution is 2.28. The third kappa shape index (κ3) is 3.34. The Morgan fingerprint density at radius 1 is 1.28 bits per heavy atom. The Morgan fingerprint density at radius 2 is 1.83 bits per heavy atom. The number of carboxylic acid groups (broad SMARTS) is 1. The van der Waals surface area contributed by atoms with Crippen molar-refractivity contribution in [3.63, 3.8) is 0 Å². The van der Waals surface area contributed by atoms with Crippen LogP contribution in [0.25, 0.3) is 0 Å². The Morgan fingerprint density at radius 3 is 2.28 bits per heavy atom. The first-order valence-corrected chi connectivity index (χ1v) is 6.67. The maximum atomic E-state index is 12.5. The molecule has 0 aromatic heterocycles. The molecule has 1 amide bonds. The lowest BCUT2D eigenvalue weighted by molar-refractivity contribution is -0.151. The van der Waals surface area contributed by atoms with Gasteiger partial charge in [-0.25, -0.2) is 0 Å². The molecule has 1 rings (SSSR count). The van der Waals surface area contributed by atoms with E-state index in [-0.39, 0.29) is 11.9 Å². The number of carboxylic acids is 1. The van der Waals surface area contributed by atoms with Gasteiger partial charge in [0.1, 0.15) is 0 Å². The van der Waals surface area contributed by atoms with Crippen LogP contribution in [0.15, 0.2) is 12.2 Å². The molecule has 0 unspecified atom stereocenters. The molecule has 0 aromatic carbocycles. The molecule has 0 fully saturated rings. The number of rotatable bonds is 5. The van der Waals surface area contributed by atoms with Gasteiger partial charge in [0.2, 0.25) is 5.91 Å². The molecule has 4 nitrogen and oxygen atoms in total. The van der Waals surface area contributed by atoms with Crippen LogP contribution in [0.3, 0.4) is 0 Å². The van der Waals surface area contributed by atoms with Crippen LogP contribution in [0.2, 0.25) is 0 Å². The van der Waals surface area contributed by atoms with Gasteiger partial charge in [0.15, 0.2) is 0 Å². The first-order valence-electron chi connectivity index (χ1n) is 6.67. The summed E-state index contributed by atoms with van der Waals surface area (Å²) in [5.74, 6) is -1.84. The van der Waals surface area contributed by atoms with Crippen molar-refractivity contribution in [2.75, 3.05) is 6.54 Å². The lowest BCUT2D eigenvalue weighted by atomic mass is 9.82. The molecule has 0 saturated heterocycles. The number of amides is 1. The Balaban J connectivity index is 2.85. The van der Waals surface area contributed by atoms with Crippen LogP contribution in [0, 0.1) is 11.8 Å². The van der Waals surface area contributed by atoms with Gasteiger partial charge in [-0.15, -0.1) is 0 Å². The van der Waals surface area contributed by atoms with Crippen molar-refractivity contribution in [2.45, 2.75) is 46.1 Å². The zero-order chi connectivity index (χ0) is 13.7. The highest BCUT2D eigenvalue weighted by molar-refractivity contribution is 5.85. The predicted molar refractivity (Wildman–Crippen MR) is 70.1 cm³/mol. The number of allylic oxidation sites excluding steroid dienone is 2. The summed E-state index contributed by atoms with van der Waals surface area (Å²) in [7, 11) is 0. The second kappa shape index (κ2) is 6.57. The van der Waals surface area contributed by atoms with Crippen LogP contribution < -0.4 is 0 Å². The first-order chi connectivity index (χ1) is 8.49. The molecule has 0 aromatic rings. The van der Waals surface area contributed by atoms with Crippen molar-refractivity contribution in [3.8, 4) is 0 Å². The Kier molecular flexibility index (Phi) is 5.38. The van der Waals surface area contributed by atoms with E-state index in [2.05, 4.69) is 0 Å². The Labute approximate surface area is 109 Å². The fraction of sp³-hybridized carbons (Fsp3) is 0.714. The van der Waals surface area contributed by atoms with Crippen molar-refractivity contribution in [1.29, 1.82) is 0 Å². The third-order valence-electron chi connectivity index (χ3n) is 3.44. The second-order valence-corrected chi connectivity index (χ2v) is 5.12. The van der Waals surface area contributed by atoms with Gasteiger partial charge in [-0.3, -0.25) is 9.59 Å². The van der Waals surface area contributed by atoms with E-state index >= 15 is 0 Å². The van der Waals surface area contributed by atoms with Gasteiger partial charge in [0.25, 0.3) is 0 Å². The molecule has 18 heavy (non-hydrogen) atoms. The van der Waals surface area contributed by atoms with Crippen LogP contribution in [0.1, 0.15) is 40.0 Å². The van der Waals surface area contributed by atoms with Gasteiger partial charge in [0.05, 0.1) is 11.8 Å². The van der Waals surface area contributed by atoms with Crippen LogP contribution >= 0.6 is 0 Å². The number of nitrogens with zero attached hydrogens (tertiary/aromatic N) is 1. The van der Waals surface area contributed by atoms with Crippen molar-refractivity contribution in [2.24, 2.45) is 11.8 Å². The fourth-order valence-corrected chi connectivity index (χ4v) is 2.44. The molecular formula is C14H23NO3. The summed E-state index contributed by atoms with van der Waals surface area (Å²) in [6, 6.07) is 0.123. The highest BCUT2D eigenvalue weighted by atomic mass is 16.4. The first kappa shape index (κ1) is 14.7. The second-order valence-electron chi connectivity index (χ2n) is 5.12. The van der Waals surface area contributed by atoms with Crippen LogP contribution in [-0.4, -0.2) is 34.5 Å². The van der Waals surface area contributed by atoms with Gasteiger partial charge in [0, 0.05) is 12.6 Å². The summed E-state index contributed by atoms with van der Waals surface area (Å²) in [6.45, 7) is 6.67. The minimum Gasteiger partial charge on any atom is -0.481 e. The zero-order valence-electron chi connectivity index (χ0n) is 11.4. The van der Waals surface area contributed by atoms with Crippen molar-refractivity contribution < 1.29 is 14.7 Å². The lowest BCUT2D eigenvalue weighted by Gasteiger charge is -2.33. The van der Waals surface area contributed by atoms with Crippen LogP contribution in [0.5, 0.6) is 0 Å². The van der Waals surface area contributed by atoms with Gasteiger partial charge in [-0.05, 0) is 33.1 Å². The molecule has 0 saturated carbocycles. The molecule has 1 N–H and O–H groups in total. The third-order valence-corrected chi connectivity index (χ3v) is 3.44. The van der Waals surface area contributed by atoms with E-state index in [9.17, 15) is 14.7 Å². The normalized spacial score (nSPS) is 23.1. The smallest absolute Gasteiger partial charge is 0.307 e.